The highest BCUT2D eigenvalue weighted by Gasteiger charge is 2.18. The summed E-state index contributed by atoms with van der Waals surface area (Å²) in [5.74, 6) is 0.607. The summed E-state index contributed by atoms with van der Waals surface area (Å²) in [6, 6.07) is 21.2. The molecule has 4 bridgehead atoms. The van der Waals surface area contributed by atoms with Crippen LogP contribution in [0.15, 0.2) is 66.7 Å². The minimum absolute atomic E-state index is 0.277. The highest BCUT2D eigenvalue weighted by Crippen LogP contribution is 2.32. The van der Waals surface area contributed by atoms with Crippen LogP contribution in [-0.2, 0) is 28.9 Å². The van der Waals surface area contributed by atoms with Gasteiger partial charge in [-0.1, -0.05) is 12.1 Å². The summed E-state index contributed by atoms with van der Waals surface area (Å²) >= 11 is 0. The molecule has 0 saturated carbocycles. The summed E-state index contributed by atoms with van der Waals surface area (Å²) in [6.45, 7) is 2.66. The number of pyridine rings is 1. The van der Waals surface area contributed by atoms with Crippen molar-refractivity contribution >= 4 is 17.0 Å². The van der Waals surface area contributed by atoms with Gasteiger partial charge in [-0.25, -0.2) is 19.2 Å². The van der Waals surface area contributed by atoms with Crippen LogP contribution >= 0.6 is 0 Å². The number of nitriles is 1. The SMILES string of the molecule is C1COC1.COC(=O)c1ccc2nc(Cc3cc(F)c4cc3OCCCc3cc(C#N)ccc3COc3cccc-4n3)[nH]c2c1. The molecule has 2 aliphatic heterocycles. The minimum Gasteiger partial charge on any atom is -0.493 e. The molecule has 10 heteroatoms. The molecule has 45 heavy (non-hydrogen) atoms. The molecule has 9 nitrogen and oxygen atoms in total. The Morgan fingerprint density at radius 1 is 1.00 bits per heavy atom. The van der Waals surface area contributed by atoms with Gasteiger partial charge in [0, 0.05) is 36.8 Å². The lowest BCUT2D eigenvalue weighted by Gasteiger charge is -2.16. The number of nitrogens with zero attached hydrogens (tertiary/aromatic N) is 3. The number of H-pyrrole nitrogens is 1. The predicted molar refractivity (Wildman–Crippen MR) is 165 cm³/mol. The Morgan fingerprint density at radius 3 is 2.62 bits per heavy atom. The van der Waals surface area contributed by atoms with Crippen molar-refractivity contribution in [1.82, 2.24) is 15.0 Å². The number of carbonyl (C=O) groups is 1. The monoisotopic (exact) mass is 606 g/mol. The zero-order chi connectivity index (χ0) is 31.2. The molecule has 0 aliphatic carbocycles. The molecule has 5 aromatic rings. The number of nitrogens with one attached hydrogen (secondary N) is 1. The van der Waals surface area contributed by atoms with Gasteiger partial charge in [0.2, 0.25) is 5.88 Å². The van der Waals surface area contributed by atoms with Gasteiger partial charge in [0.15, 0.2) is 0 Å². The Labute approximate surface area is 259 Å². The normalized spacial score (nSPS) is 13.8. The number of aromatic amines is 1. The van der Waals surface area contributed by atoms with Crippen LogP contribution in [0.25, 0.3) is 22.3 Å². The first kappa shape index (κ1) is 29.8. The van der Waals surface area contributed by atoms with E-state index in [0.29, 0.717) is 75.9 Å². The minimum atomic E-state index is -0.442. The second kappa shape index (κ2) is 13.6. The largest absolute Gasteiger partial charge is 0.493 e. The third-order valence-electron chi connectivity index (χ3n) is 7.60. The summed E-state index contributed by atoms with van der Waals surface area (Å²) in [5, 5.41) is 9.38. The van der Waals surface area contributed by atoms with Gasteiger partial charge in [-0.15, -0.1) is 0 Å². The first-order valence-electron chi connectivity index (χ1n) is 14.7. The molecule has 228 valence electrons. The Balaban J connectivity index is 0.000000828. The maximum atomic E-state index is 15.5. The number of aryl methyl sites for hydroxylation is 1. The maximum absolute atomic E-state index is 15.5. The lowest BCUT2D eigenvalue weighted by atomic mass is 10.0. The number of fused-ring (bicyclic) bond motifs is 7. The number of hydrogen-bond donors (Lipinski definition) is 1. The van der Waals surface area contributed by atoms with Crippen LogP contribution in [0, 0.1) is 17.1 Å². The fourth-order valence-corrected chi connectivity index (χ4v) is 5.09. The molecule has 0 amide bonds. The number of hydrogen-bond acceptors (Lipinski definition) is 8. The van der Waals surface area contributed by atoms with E-state index in [1.54, 1.807) is 48.5 Å². The summed E-state index contributed by atoms with van der Waals surface area (Å²) in [6.07, 6.45) is 2.91. The van der Waals surface area contributed by atoms with Gasteiger partial charge < -0.3 is 23.9 Å². The van der Waals surface area contributed by atoms with Crippen molar-refractivity contribution in [3.8, 4) is 29.0 Å². The number of halogens is 1. The number of imidazole rings is 1. The van der Waals surface area contributed by atoms with E-state index < -0.39 is 11.8 Å². The topological polar surface area (TPSA) is 119 Å². The van der Waals surface area contributed by atoms with Crippen molar-refractivity contribution in [3.63, 3.8) is 0 Å². The quantitative estimate of drug-likeness (QED) is 0.237. The van der Waals surface area contributed by atoms with E-state index in [1.807, 2.05) is 12.1 Å². The number of methoxy groups -OCH3 is 1. The molecule has 2 aromatic heterocycles. The molecule has 0 atom stereocenters. The first-order valence-corrected chi connectivity index (χ1v) is 14.7. The van der Waals surface area contributed by atoms with Gasteiger partial charge in [0.05, 0.1) is 47.6 Å². The summed E-state index contributed by atoms with van der Waals surface area (Å²) in [7, 11) is 1.33. The average Bonchev–Trinajstić information content (AvgIpc) is 3.43. The van der Waals surface area contributed by atoms with Crippen molar-refractivity contribution in [1.29, 1.82) is 5.26 Å². The molecule has 0 radical (unpaired) electrons. The molecule has 0 unspecified atom stereocenters. The molecular weight excluding hydrogens is 575 g/mol. The molecule has 1 N–H and O–H groups in total. The Bertz CT molecular complexity index is 1890. The highest BCUT2D eigenvalue weighted by molar-refractivity contribution is 5.93. The van der Waals surface area contributed by atoms with Gasteiger partial charge in [-0.3, -0.25) is 0 Å². The van der Waals surface area contributed by atoms with Crippen LogP contribution in [0.1, 0.15) is 51.3 Å². The van der Waals surface area contributed by atoms with Crippen molar-refractivity contribution in [3.05, 3.63) is 106 Å². The third-order valence-corrected chi connectivity index (χ3v) is 7.60. The third kappa shape index (κ3) is 6.95. The predicted octanol–water partition coefficient (Wildman–Crippen LogP) is 6.32. The number of benzene rings is 3. The average molecular weight is 607 g/mol. The van der Waals surface area contributed by atoms with E-state index >= 15 is 4.39 Å². The van der Waals surface area contributed by atoms with Crippen LogP contribution in [0.3, 0.4) is 0 Å². The van der Waals surface area contributed by atoms with E-state index in [4.69, 9.17) is 18.9 Å². The van der Waals surface area contributed by atoms with Gasteiger partial charge in [-0.05, 0) is 78.9 Å². The van der Waals surface area contributed by atoms with Crippen molar-refractivity contribution in [2.24, 2.45) is 0 Å². The van der Waals surface area contributed by atoms with E-state index in [9.17, 15) is 10.1 Å². The number of rotatable bonds is 3. The summed E-state index contributed by atoms with van der Waals surface area (Å²) < 4.78 is 37.3. The number of carbonyl (C=O) groups excluding carboxylic acids is 1. The van der Waals surface area contributed by atoms with E-state index in [1.165, 1.54) is 19.6 Å². The lowest BCUT2D eigenvalue weighted by Crippen LogP contribution is -2.09. The Morgan fingerprint density at radius 2 is 1.84 bits per heavy atom. The molecule has 1 saturated heterocycles. The van der Waals surface area contributed by atoms with Crippen molar-refractivity contribution < 1.29 is 28.1 Å². The molecule has 3 aromatic carbocycles. The van der Waals surface area contributed by atoms with Gasteiger partial charge in [0.25, 0.3) is 0 Å². The fraction of sp³-hybridized carbons (Fsp3) is 0.257. The van der Waals surface area contributed by atoms with E-state index in [2.05, 4.69) is 21.0 Å². The Hall–Kier alpha value is -5.27. The first-order chi connectivity index (χ1) is 22.0. The van der Waals surface area contributed by atoms with Gasteiger partial charge in [-0.2, -0.15) is 5.26 Å². The van der Waals surface area contributed by atoms with Crippen molar-refractivity contribution in [2.75, 3.05) is 26.9 Å². The summed E-state index contributed by atoms with van der Waals surface area (Å²) in [5.41, 5.74) is 5.65. The zero-order valence-electron chi connectivity index (χ0n) is 24.8. The van der Waals surface area contributed by atoms with E-state index in [0.717, 1.165) is 24.3 Å². The van der Waals surface area contributed by atoms with Gasteiger partial charge in [0.1, 0.15) is 24.0 Å². The standard InChI is InChI=1S/C32H25FN4O4.C3H6O/c1-39-32(38)21-9-10-27-28(14-21)36-30(35-27)15-23-13-25(33)24-16-29(23)40-11-3-4-20-12-19(17-34)7-8-22(20)18-41-31-6-2-5-26(24)37-31;1-2-4-3-1/h2,5-10,12-14,16H,3-4,11,15,18H2,1H3,(H,35,36);1-3H2. The molecule has 4 heterocycles. The molecule has 1 fully saturated rings. The fourth-order valence-electron chi connectivity index (χ4n) is 5.09. The highest BCUT2D eigenvalue weighted by atomic mass is 19.1. The Kier molecular flexibility index (Phi) is 8.99. The van der Waals surface area contributed by atoms with Crippen LogP contribution in [0.2, 0.25) is 0 Å². The van der Waals surface area contributed by atoms with Crippen LogP contribution in [0.5, 0.6) is 11.6 Å². The number of ether oxygens (including phenoxy) is 4. The molecule has 2 aliphatic rings. The van der Waals surface area contributed by atoms with Crippen molar-refractivity contribution in [2.45, 2.75) is 32.3 Å². The molecule has 0 spiro atoms. The second-order valence-corrected chi connectivity index (χ2v) is 10.7. The van der Waals surface area contributed by atoms with Crippen LogP contribution in [0.4, 0.5) is 4.39 Å². The number of aromatic nitrogens is 3. The smallest absolute Gasteiger partial charge is 0.337 e. The maximum Gasteiger partial charge on any atom is 0.337 e. The second-order valence-electron chi connectivity index (χ2n) is 10.7. The zero-order valence-corrected chi connectivity index (χ0v) is 24.8. The van der Waals surface area contributed by atoms with Gasteiger partial charge >= 0.3 is 5.97 Å². The number of esters is 1. The summed E-state index contributed by atoms with van der Waals surface area (Å²) in [4.78, 5) is 24.3. The molecule has 7 rings (SSSR count). The van der Waals surface area contributed by atoms with Crippen LogP contribution in [-0.4, -0.2) is 47.9 Å². The van der Waals surface area contributed by atoms with E-state index in [-0.39, 0.29) is 13.0 Å². The lowest BCUT2D eigenvalue weighted by molar-refractivity contribution is 0.0367. The molecular formula is C35H31FN4O5. The van der Waals surface area contributed by atoms with Crippen LogP contribution < -0.4 is 9.47 Å².